The van der Waals surface area contributed by atoms with E-state index < -0.39 is 7.12 Å². The highest BCUT2D eigenvalue weighted by Crippen LogP contribution is 2.32. The molecule has 4 heterocycles. The first-order valence-corrected chi connectivity index (χ1v) is 18.4. The number of rotatable bonds is 4. The molecule has 0 amide bonds. The van der Waals surface area contributed by atoms with E-state index in [2.05, 4.69) is 61.3 Å². The predicted molar refractivity (Wildman–Crippen MR) is 225 cm³/mol. The molecule has 0 unspecified atom stereocenters. The quantitative estimate of drug-likeness (QED) is 0.169. The molecule has 0 atom stereocenters. The maximum absolute atomic E-state index is 8.58. The van der Waals surface area contributed by atoms with Gasteiger partial charge in [-0.15, -0.1) is 0 Å². The standard InChI is InChI=1S/C21H13ClN4.C15H8Cl2N4.C6H7BO2/c22-20-23-19(14-8-2-1-3-9-14)24-21(25-20)26-17-12-6-4-10-15(17)16-11-5-7-13-18(16)26;16-13-18-14(17)20-15(19-13)21-11-7-3-1-5-9(11)10-6-2-4-8-12(10)21;8-7(9)6-4-2-1-3-5-6/h1-13H;1-8H;1-5,8-9H. The van der Waals surface area contributed by atoms with E-state index >= 15 is 0 Å². The fourth-order valence-electron chi connectivity index (χ4n) is 6.47. The van der Waals surface area contributed by atoms with Crippen LogP contribution in [-0.4, -0.2) is 56.2 Å². The molecule has 10 aromatic rings. The molecular formula is C42H28BCl3N8O2. The molecule has 272 valence electrons. The number of hydrogen-bond acceptors (Lipinski definition) is 8. The zero-order valence-corrected chi connectivity index (χ0v) is 31.5. The van der Waals surface area contributed by atoms with E-state index in [-0.39, 0.29) is 15.9 Å². The van der Waals surface area contributed by atoms with Crippen molar-refractivity contribution in [2.24, 2.45) is 0 Å². The van der Waals surface area contributed by atoms with Crippen LogP contribution in [0, 0.1) is 0 Å². The SMILES string of the molecule is Clc1nc(-c2ccccc2)nc(-n2c3ccccc3c3ccccc32)n1.Clc1nc(Cl)nc(-n2c3ccccc3c3ccccc32)n1.OB(O)c1ccccc1. The molecule has 0 aliphatic carbocycles. The zero-order chi connectivity index (χ0) is 38.6. The van der Waals surface area contributed by atoms with Gasteiger partial charge in [-0.25, -0.2) is 0 Å². The number of halogens is 3. The van der Waals surface area contributed by atoms with Gasteiger partial charge in [-0.2, -0.15) is 29.9 Å². The van der Waals surface area contributed by atoms with Crippen LogP contribution in [-0.2, 0) is 0 Å². The lowest BCUT2D eigenvalue weighted by molar-refractivity contribution is 0.426. The van der Waals surface area contributed by atoms with Gasteiger partial charge in [0.1, 0.15) is 0 Å². The van der Waals surface area contributed by atoms with Crippen molar-refractivity contribution in [2.45, 2.75) is 0 Å². The summed E-state index contributed by atoms with van der Waals surface area (Å²) in [4.78, 5) is 25.6. The minimum absolute atomic E-state index is 0.0758. The van der Waals surface area contributed by atoms with Crippen molar-refractivity contribution < 1.29 is 10.0 Å². The lowest BCUT2D eigenvalue weighted by atomic mass is 9.81. The summed E-state index contributed by atoms with van der Waals surface area (Å²) in [6.45, 7) is 0. The molecule has 6 aromatic carbocycles. The van der Waals surface area contributed by atoms with Gasteiger partial charge in [-0.3, -0.25) is 9.13 Å². The molecule has 0 saturated heterocycles. The van der Waals surface area contributed by atoms with Crippen molar-refractivity contribution in [2.75, 3.05) is 0 Å². The highest BCUT2D eigenvalue weighted by Gasteiger charge is 2.17. The van der Waals surface area contributed by atoms with E-state index in [0.717, 1.165) is 49.2 Å². The van der Waals surface area contributed by atoms with E-state index in [4.69, 9.17) is 49.8 Å². The summed E-state index contributed by atoms with van der Waals surface area (Å²) >= 11 is 18.1. The molecule has 0 saturated carbocycles. The fraction of sp³-hybridized carbons (Fsp3) is 0. The van der Waals surface area contributed by atoms with E-state index in [1.165, 1.54) is 0 Å². The number of fused-ring (bicyclic) bond motifs is 6. The van der Waals surface area contributed by atoms with Gasteiger partial charge >= 0.3 is 7.12 Å². The molecule has 10 rings (SSSR count). The van der Waals surface area contributed by atoms with Crippen LogP contribution in [0.4, 0.5) is 0 Å². The highest BCUT2D eigenvalue weighted by molar-refractivity contribution is 6.58. The van der Waals surface area contributed by atoms with Gasteiger partial charge in [-0.1, -0.05) is 133 Å². The van der Waals surface area contributed by atoms with Gasteiger partial charge in [0.2, 0.25) is 27.7 Å². The third-order valence-electron chi connectivity index (χ3n) is 8.86. The number of hydrogen-bond donors (Lipinski definition) is 2. The lowest BCUT2D eigenvalue weighted by Crippen LogP contribution is -2.29. The predicted octanol–water partition coefficient (Wildman–Crippen LogP) is 8.93. The molecule has 14 heteroatoms. The Morgan fingerprint density at radius 1 is 0.375 bits per heavy atom. The van der Waals surface area contributed by atoms with Crippen LogP contribution >= 0.6 is 34.8 Å². The summed E-state index contributed by atoms with van der Waals surface area (Å²) < 4.78 is 3.97. The molecule has 0 spiro atoms. The second-order valence-corrected chi connectivity index (χ2v) is 13.3. The smallest absolute Gasteiger partial charge is 0.423 e. The normalized spacial score (nSPS) is 10.9. The van der Waals surface area contributed by atoms with Gasteiger partial charge in [0, 0.05) is 27.1 Å². The Kier molecular flexibility index (Phi) is 10.7. The third kappa shape index (κ3) is 7.54. The van der Waals surface area contributed by atoms with E-state index in [1.807, 2.05) is 106 Å². The number of benzene rings is 6. The van der Waals surface area contributed by atoms with Gasteiger partial charge in [-0.05, 0) is 64.5 Å². The summed E-state index contributed by atoms with van der Waals surface area (Å²) in [6.07, 6.45) is 0. The van der Waals surface area contributed by atoms with Gasteiger partial charge in [0.15, 0.2) is 5.82 Å². The minimum Gasteiger partial charge on any atom is -0.423 e. The molecule has 56 heavy (non-hydrogen) atoms. The molecule has 10 nitrogen and oxygen atoms in total. The Bertz CT molecular complexity index is 2840. The summed E-state index contributed by atoms with van der Waals surface area (Å²) in [5.74, 6) is 1.49. The number of aromatic nitrogens is 8. The number of para-hydroxylation sites is 4. The van der Waals surface area contributed by atoms with Crippen molar-refractivity contribution in [3.63, 3.8) is 0 Å². The maximum atomic E-state index is 8.58. The average Bonchev–Trinajstić information content (AvgIpc) is 3.75. The van der Waals surface area contributed by atoms with Gasteiger partial charge in [0.05, 0.1) is 22.1 Å². The monoisotopic (exact) mass is 792 g/mol. The van der Waals surface area contributed by atoms with Crippen molar-refractivity contribution in [3.05, 3.63) is 174 Å². The van der Waals surface area contributed by atoms with Crippen molar-refractivity contribution in [3.8, 4) is 23.3 Å². The van der Waals surface area contributed by atoms with Crippen molar-refractivity contribution >= 4 is 91.0 Å². The second kappa shape index (κ2) is 16.3. The first-order valence-electron chi connectivity index (χ1n) is 17.3. The first kappa shape index (κ1) is 36.8. The van der Waals surface area contributed by atoms with Crippen molar-refractivity contribution in [1.29, 1.82) is 0 Å². The van der Waals surface area contributed by atoms with Crippen LogP contribution in [0.25, 0.3) is 66.9 Å². The first-order chi connectivity index (χ1) is 27.4. The summed E-state index contributed by atoms with van der Waals surface area (Å²) in [7, 11) is -1.34. The summed E-state index contributed by atoms with van der Waals surface area (Å²) in [6, 6.07) is 51.0. The summed E-state index contributed by atoms with van der Waals surface area (Å²) in [5.41, 5.74) is 5.50. The molecule has 0 fully saturated rings. The Balaban J connectivity index is 0.000000131. The second-order valence-electron chi connectivity index (χ2n) is 12.3. The topological polar surface area (TPSA) is 128 Å². The van der Waals surface area contributed by atoms with Crippen LogP contribution in [0.5, 0.6) is 0 Å². The molecule has 4 aromatic heterocycles. The highest BCUT2D eigenvalue weighted by atomic mass is 35.5. The van der Waals surface area contributed by atoms with Crippen LogP contribution < -0.4 is 5.46 Å². The van der Waals surface area contributed by atoms with Crippen LogP contribution in [0.15, 0.2) is 158 Å². The minimum atomic E-state index is -1.34. The van der Waals surface area contributed by atoms with E-state index in [1.54, 1.807) is 24.3 Å². The maximum Gasteiger partial charge on any atom is 0.488 e. The van der Waals surface area contributed by atoms with Gasteiger partial charge < -0.3 is 10.0 Å². The lowest BCUT2D eigenvalue weighted by Gasteiger charge is -2.08. The molecule has 0 radical (unpaired) electrons. The van der Waals surface area contributed by atoms with Crippen LogP contribution in [0.1, 0.15) is 0 Å². The molecule has 0 aliphatic heterocycles. The Morgan fingerprint density at radius 3 is 1.11 bits per heavy atom. The zero-order valence-electron chi connectivity index (χ0n) is 29.2. The average molecular weight is 794 g/mol. The molecule has 0 aliphatic rings. The van der Waals surface area contributed by atoms with Crippen LogP contribution in [0.2, 0.25) is 15.9 Å². The number of nitrogens with zero attached hydrogens (tertiary/aromatic N) is 8. The van der Waals surface area contributed by atoms with Crippen molar-refractivity contribution in [1.82, 2.24) is 39.0 Å². The molecule has 2 N–H and O–H groups in total. The Hall–Kier alpha value is -6.21. The molecule has 0 bridgehead atoms. The fourth-order valence-corrected chi connectivity index (χ4v) is 6.98. The third-order valence-corrected chi connectivity index (χ3v) is 9.36. The Labute approximate surface area is 335 Å². The van der Waals surface area contributed by atoms with Crippen LogP contribution in [0.3, 0.4) is 0 Å². The van der Waals surface area contributed by atoms with Gasteiger partial charge in [0.25, 0.3) is 0 Å². The Morgan fingerprint density at radius 2 is 0.714 bits per heavy atom. The molecular weight excluding hydrogens is 766 g/mol. The van der Waals surface area contributed by atoms with E-state index in [9.17, 15) is 0 Å². The van der Waals surface area contributed by atoms with E-state index in [0.29, 0.717) is 23.2 Å². The largest absolute Gasteiger partial charge is 0.488 e. The summed E-state index contributed by atoms with van der Waals surface area (Å²) in [5, 5.41) is 22.0.